The lowest BCUT2D eigenvalue weighted by Gasteiger charge is -2.38. The third-order valence-electron chi connectivity index (χ3n) is 4.42. The fourth-order valence-electron chi connectivity index (χ4n) is 3.32. The van der Waals surface area contributed by atoms with Crippen LogP contribution in [0.25, 0.3) is 0 Å². The number of hydrogen-bond acceptors (Lipinski definition) is 5. The third kappa shape index (κ3) is 3.45. The number of aliphatic hydroxyl groups is 1. The molecule has 2 heterocycles. The van der Waals surface area contributed by atoms with Gasteiger partial charge < -0.3 is 14.7 Å². The van der Waals surface area contributed by atoms with Crippen LogP contribution in [0, 0.1) is 5.92 Å². The number of benzene rings is 1. The Balaban J connectivity index is 1.79. The molecule has 0 spiro atoms. The lowest BCUT2D eigenvalue weighted by Crippen LogP contribution is -2.41. The first-order chi connectivity index (χ1) is 11.3. The Morgan fingerprint density at radius 2 is 2.00 bits per heavy atom. The molecular formula is C18H23N3O2. The minimum Gasteiger partial charge on any atom is -0.475 e. The average Bonchev–Trinajstić information content (AvgIpc) is 2.63. The number of aliphatic hydroxyl groups excluding tert-OH is 1. The van der Waals surface area contributed by atoms with Crippen LogP contribution < -0.4 is 9.64 Å². The number of ether oxygens (including phenoxy) is 1. The number of aromatic nitrogens is 2. The van der Waals surface area contributed by atoms with E-state index in [1.54, 1.807) is 12.4 Å². The largest absolute Gasteiger partial charge is 0.475 e. The maximum absolute atomic E-state index is 9.87. The molecule has 5 nitrogen and oxygen atoms in total. The number of nitrogens with zero attached hydrogens (tertiary/aromatic N) is 3. The SMILES string of the molecule is CCOc1nccnc1N1CC[C@@H](c2ccccc2)[C@@H](CO)C1. The van der Waals surface area contributed by atoms with Crippen molar-refractivity contribution in [3.8, 4) is 5.88 Å². The molecule has 1 N–H and O–H groups in total. The van der Waals surface area contributed by atoms with Crippen molar-refractivity contribution in [2.75, 3.05) is 31.2 Å². The first kappa shape index (κ1) is 15.7. The monoisotopic (exact) mass is 313 g/mol. The number of piperidine rings is 1. The van der Waals surface area contributed by atoms with Gasteiger partial charge in [0.15, 0.2) is 5.82 Å². The van der Waals surface area contributed by atoms with Gasteiger partial charge in [-0.05, 0) is 24.8 Å². The quantitative estimate of drug-likeness (QED) is 0.919. The summed E-state index contributed by atoms with van der Waals surface area (Å²) in [5.74, 6) is 1.91. The second kappa shape index (κ2) is 7.42. The van der Waals surface area contributed by atoms with Crippen molar-refractivity contribution in [1.82, 2.24) is 9.97 Å². The summed E-state index contributed by atoms with van der Waals surface area (Å²) >= 11 is 0. The van der Waals surface area contributed by atoms with E-state index in [1.165, 1.54) is 5.56 Å². The van der Waals surface area contributed by atoms with Crippen molar-refractivity contribution >= 4 is 5.82 Å². The van der Waals surface area contributed by atoms with Crippen LogP contribution in [0.3, 0.4) is 0 Å². The molecule has 1 aliphatic heterocycles. The minimum absolute atomic E-state index is 0.167. The van der Waals surface area contributed by atoms with Gasteiger partial charge in [0, 0.05) is 38.0 Å². The predicted molar refractivity (Wildman–Crippen MR) is 89.8 cm³/mol. The summed E-state index contributed by atoms with van der Waals surface area (Å²) in [6.07, 6.45) is 4.32. The first-order valence-electron chi connectivity index (χ1n) is 8.18. The molecule has 0 radical (unpaired) electrons. The lowest BCUT2D eigenvalue weighted by atomic mass is 9.81. The van der Waals surface area contributed by atoms with Crippen LogP contribution in [-0.4, -0.2) is 41.4 Å². The molecule has 0 bridgehead atoms. The Morgan fingerprint density at radius 1 is 1.22 bits per heavy atom. The second-order valence-corrected chi connectivity index (χ2v) is 5.81. The maximum atomic E-state index is 9.87. The van der Waals surface area contributed by atoms with Gasteiger partial charge in [-0.2, -0.15) is 0 Å². The lowest BCUT2D eigenvalue weighted by molar-refractivity contribution is 0.189. The van der Waals surface area contributed by atoms with Gasteiger partial charge in [0.05, 0.1) is 6.61 Å². The van der Waals surface area contributed by atoms with Gasteiger partial charge in [0.2, 0.25) is 0 Å². The first-order valence-corrected chi connectivity index (χ1v) is 8.18. The standard InChI is InChI=1S/C18H23N3O2/c1-2-23-18-17(19-9-10-20-18)21-11-8-16(15(12-21)13-22)14-6-4-3-5-7-14/h3-7,9-10,15-16,22H,2,8,11-13H2,1H3/t15-,16+/m1/s1. The molecule has 5 heteroatoms. The number of anilines is 1. The Bertz CT molecular complexity index is 621. The number of rotatable bonds is 5. The highest BCUT2D eigenvalue weighted by molar-refractivity contribution is 5.48. The van der Waals surface area contributed by atoms with Gasteiger partial charge in [0.1, 0.15) is 0 Å². The van der Waals surface area contributed by atoms with E-state index in [1.807, 2.05) is 13.0 Å². The normalized spacial score (nSPS) is 21.2. The molecule has 2 aromatic rings. The molecule has 1 fully saturated rings. The summed E-state index contributed by atoms with van der Waals surface area (Å²) in [6.45, 7) is 4.32. The molecule has 122 valence electrons. The fraction of sp³-hybridized carbons (Fsp3) is 0.444. The average molecular weight is 313 g/mol. The zero-order valence-corrected chi connectivity index (χ0v) is 13.4. The van der Waals surface area contributed by atoms with Crippen molar-refractivity contribution in [3.63, 3.8) is 0 Å². The molecule has 1 saturated heterocycles. The summed E-state index contributed by atoms with van der Waals surface area (Å²) in [7, 11) is 0. The molecule has 0 aliphatic carbocycles. The van der Waals surface area contributed by atoms with Gasteiger partial charge in [0.25, 0.3) is 5.88 Å². The molecular weight excluding hydrogens is 290 g/mol. The van der Waals surface area contributed by atoms with E-state index in [9.17, 15) is 5.11 Å². The molecule has 2 atom stereocenters. The van der Waals surface area contributed by atoms with E-state index in [0.717, 1.165) is 25.3 Å². The summed E-state index contributed by atoms with van der Waals surface area (Å²) in [5.41, 5.74) is 1.30. The summed E-state index contributed by atoms with van der Waals surface area (Å²) < 4.78 is 5.59. The molecule has 0 unspecified atom stereocenters. The van der Waals surface area contributed by atoms with E-state index < -0.39 is 0 Å². The summed E-state index contributed by atoms with van der Waals surface area (Å²) in [4.78, 5) is 10.9. The molecule has 3 rings (SSSR count). The zero-order chi connectivity index (χ0) is 16.1. The van der Waals surface area contributed by atoms with E-state index >= 15 is 0 Å². The summed E-state index contributed by atoms with van der Waals surface area (Å²) in [5, 5.41) is 9.87. The zero-order valence-electron chi connectivity index (χ0n) is 13.4. The Hall–Kier alpha value is -2.14. The minimum atomic E-state index is 0.167. The van der Waals surface area contributed by atoms with Crippen molar-refractivity contribution in [2.45, 2.75) is 19.3 Å². The van der Waals surface area contributed by atoms with E-state index in [2.05, 4.69) is 39.1 Å². The van der Waals surface area contributed by atoms with Crippen LogP contribution in [0.15, 0.2) is 42.7 Å². The molecule has 0 amide bonds. The van der Waals surface area contributed by atoms with Gasteiger partial charge in [-0.25, -0.2) is 9.97 Å². The third-order valence-corrected chi connectivity index (χ3v) is 4.42. The van der Waals surface area contributed by atoms with Crippen molar-refractivity contribution in [2.24, 2.45) is 5.92 Å². The van der Waals surface area contributed by atoms with Gasteiger partial charge in [-0.1, -0.05) is 30.3 Å². The van der Waals surface area contributed by atoms with Crippen molar-refractivity contribution in [3.05, 3.63) is 48.3 Å². The fourth-order valence-corrected chi connectivity index (χ4v) is 3.32. The van der Waals surface area contributed by atoms with Crippen molar-refractivity contribution < 1.29 is 9.84 Å². The molecule has 1 aromatic heterocycles. The van der Waals surface area contributed by atoms with Crippen molar-refractivity contribution in [1.29, 1.82) is 0 Å². The highest BCUT2D eigenvalue weighted by Gasteiger charge is 2.31. The Kier molecular flexibility index (Phi) is 5.08. The molecule has 23 heavy (non-hydrogen) atoms. The van der Waals surface area contributed by atoms with Crippen LogP contribution in [0.2, 0.25) is 0 Å². The van der Waals surface area contributed by atoms with Gasteiger partial charge >= 0.3 is 0 Å². The van der Waals surface area contributed by atoms with Crippen LogP contribution in [-0.2, 0) is 0 Å². The Labute approximate surface area is 137 Å². The molecule has 0 saturated carbocycles. The van der Waals surface area contributed by atoms with Gasteiger partial charge in [-0.3, -0.25) is 0 Å². The number of hydrogen-bond donors (Lipinski definition) is 1. The van der Waals surface area contributed by atoms with Crippen LogP contribution in [0.5, 0.6) is 5.88 Å². The predicted octanol–water partition coefficient (Wildman–Crippen LogP) is 2.48. The van der Waals surface area contributed by atoms with E-state index in [-0.39, 0.29) is 12.5 Å². The van der Waals surface area contributed by atoms with E-state index in [4.69, 9.17) is 4.74 Å². The highest BCUT2D eigenvalue weighted by atomic mass is 16.5. The van der Waals surface area contributed by atoms with Gasteiger partial charge in [-0.15, -0.1) is 0 Å². The highest BCUT2D eigenvalue weighted by Crippen LogP contribution is 2.35. The second-order valence-electron chi connectivity index (χ2n) is 5.81. The van der Waals surface area contributed by atoms with Crippen LogP contribution >= 0.6 is 0 Å². The summed E-state index contributed by atoms with van der Waals surface area (Å²) in [6, 6.07) is 10.5. The Morgan fingerprint density at radius 3 is 2.74 bits per heavy atom. The van der Waals surface area contributed by atoms with E-state index in [0.29, 0.717) is 18.4 Å². The topological polar surface area (TPSA) is 58.5 Å². The van der Waals surface area contributed by atoms with Crippen LogP contribution in [0.1, 0.15) is 24.8 Å². The van der Waals surface area contributed by atoms with Crippen LogP contribution in [0.4, 0.5) is 5.82 Å². The molecule has 1 aromatic carbocycles. The maximum Gasteiger partial charge on any atom is 0.257 e. The smallest absolute Gasteiger partial charge is 0.257 e. The molecule has 1 aliphatic rings.